The van der Waals surface area contributed by atoms with Gasteiger partial charge < -0.3 is 14.4 Å². The lowest BCUT2D eigenvalue weighted by Crippen LogP contribution is -2.41. The fraction of sp³-hybridized carbons (Fsp3) is 0.529. The Balaban J connectivity index is 0.00000127. The summed E-state index contributed by atoms with van der Waals surface area (Å²) in [4.78, 5) is 17.8. The van der Waals surface area contributed by atoms with E-state index < -0.39 is 0 Å². The number of hydrogen-bond acceptors (Lipinski definition) is 5. The normalized spacial score (nSPS) is 15.7. The Kier molecular flexibility index (Phi) is 8.66. The second-order valence-electron chi connectivity index (χ2n) is 4.77. The number of alkyl halides is 1. The highest BCUT2D eigenvalue weighted by atomic mass is 35.5. The molecule has 1 unspecified atom stereocenters. The van der Waals surface area contributed by atoms with Gasteiger partial charge in [-0.05, 0) is 31.3 Å². The van der Waals surface area contributed by atoms with E-state index in [0.29, 0.717) is 23.7 Å². The zero-order chi connectivity index (χ0) is 17.2. The molecule has 1 heterocycles. The van der Waals surface area contributed by atoms with Crippen LogP contribution in [0.15, 0.2) is 23.2 Å². The molecule has 0 aliphatic carbocycles. The molecule has 2 rings (SSSR count). The number of carbonyl (C=O) groups is 1. The van der Waals surface area contributed by atoms with Crippen molar-refractivity contribution in [1.29, 1.82) is 0 Å². The molecule has 1 saturated heterocycles. The van der Waals surface area contributed by atoms with E-state index in [1.807, 2.05) is 13.8 Å². The van der Waals surface area contributed by atoms with Crippen LogP contribution in [0.2, 0.25) is 0 Å². The van der Waals surface area contributed by atoms with Gasteiger partial charge in [0.05, 0.1) is 30.2 Å². The number of anilines is 1. The molecule has 0 amide bonds. The smallest absolute Gasteiger partial charge is 0.337 e. The van der Waals surface area contributed by atoms with Gasteiger partial charge in [0.15, 0.2) is 0 Å². The van der Waals surface area contributed by atoms with Crippen molar-refractivity contribution in [1.82, 2.24) is 0 Å². The van der Waals surface area contributed by atoms with Crippen molar-refractivity contribution in [3.05, 3.63) is 23.8 Å². The topological polar surface area (TPSA) is 51.1 Å². The molecule has 0 radical (unpaired) electrons. The van der Waals surface area contributed by atoms with Crippen LogP contribution < -0.4 is 4.90 Å². The van der Waals surface area contributed by atoms with Crippen molar-refractivity contribution < 1.29 is 14.3 Å². The van der Waals surface area contributed by atoms with Crippen molar-refractivity contribution in [3.8, 4) is 0 Å². The molecule has 1 aromatic rings. The molecule has 0 spiro atoms. The molecule has 128 valence electrons. The summed E-state index contributed by atoms with van der Waals surface area (Å²) in [5.41, 5.74) is 2.02. The van der Waals surface area contributed by atoms with Crippen molar-refractivity contribution in [3.63, 3.8) is 0 Å². The Bertz CT molecular complexity index is 519. The molecule has 0 aromatic heterocycles. The average molecular weight is 341 g/mol. The van der Waals surface area contributed by atoms with Crippen molar-refractivity contribution >= 4 is 35.7 Å². The van der Waals surface area contributed by atoms with Crippen LogP contribution in [-0.2, 0) is 9.47 Å². The summed E-state index contributed by atoms with van der Waals surface area (Å²) in [5, 5.41) is 0. The first-order valence-corrected chi connectivity index (χ1v) is 8.34. The maximum Gasteiger partial charge on any atom is 0.337 e. The van der Waals surface area contributed by atoms with Crippen LogP contribution in [0.1, 0.15) is 30.6 Å². The van der Waals surface area contributed by atoms with Gasteiger partial charge in [0, 0.05) is 25.6 Å². The van der Waals surface area contributed by atoms with E-state index in [4.69, 9.17) is 21.1 Å². The molecule has 23 heavy (non-hydrogen) atoms. The molecule has 0 bridgehead atoms. The number of esters is 1. The van der Waals surface area contributed by atoms with Crippen molar-refractivity contribution in [2.45, 2.75) is 26.4 Å². The van der Waals surface area contributed by atoms with Gasteiger partial charge in [-0.1, -0.05) is 13.8 Å². The Morgan fingerprint density at radius 1 is 1.52 bits per heavy atom. The molecule has 1 aromatic carbocycles. The number of aliphatic imine (C=N–C) groups is 1. The molecule has 1 aliphatic rings. The molecular formula is C17H25ClN2O3. The van der Waals surface area contributed by atoms with Gasteiger partial charge in [0.2, 0.25) is 0 Å². The Morgan fingerprint density at radius 3 is 2.70 bits per heavy atom. The Hall–Kier alpha value is -1.59. The predicted octanol–water partition coefficient (Wildman–Crippen LogP) is 3.67. The number of hydrogen-bond donors (Lipinski definition) is 0. The lowest BCUT2D eigenvalue weighted by molar-refractivity contribution is -0.0444. The fourth-order valence-electron chi connectivity index (χ4n) is 2.24. The summed E-state index contributed by atoms with van der Waals surface area (Å²) in [6, 6.07) is 5.20. The third kappa shape index (κ3) is 5.22. The number of ether oxygens (including phenoxy) is 2. The van der Waals surface area contributed by atoms with Crippen LogP contribution in [0, 0.1) is 0 Å². The molecule has 1 aliphatic heterocycles. The monoisotopic (exact) mass is 340 g/mol. The van der Waals surface area contributed by atoms with E-state index in [0.717, 1.165) is 25.3 Å². The van der Waals surface area contributed by atoms with Crippen LogP contribution in [0.25, 0.3) is 0 Å². The van der Waals surface area contributed by atoms with Crippen LogP contribution >= 0.6 is 11.6 Å². The number of methoxy groups -OCH3 is 1. The van der Waals surface area contributed by atoms with Gasteiger partial charge in [0.1, 0.15) is 0 Å². The van der Waals surface area contributed by atoms with E-state index in [1.54, 1.807) is 18.2 Å². The second-order valence-corrected chi connectivity index (χ2v) is 5.15. The SMILES string of the molecule is C=Nc1ccc(C(=O)OC)cc1N(CCCl)CC1CCO1.CC. The van der Waals surface area contributed by atoms with Crippen molar-refractivity contribution in [2.24, 2.45) is 4.99 Å². The lowest BCUT2D eigenvalue weighted by atomic mass is 10.1. The van der Waals surface area contributed by atoms with Crippen LogP contribution in [0.5, 0.6) is 0 Å². The summed E-state index contributed by atoms with van der Waals surface area (Å²) < 4.78 is 10.2. The molecular weight excluding hydrogens is 316 g/mol. The highest BCUT2D eigenvalue weighted by Gasteiger charge is 2.23. The van der Waals surface area contributed by atoms with E-state index in [1.165, 1.54) is 7.11 Å². The molecule has 0 saturated carbocycles. The molecule has 1 fully saturated rings. The van der Waals surface area contributed by atoms with Gasteiger partial charge in [-0.15, -0.1) is 11.6 Å². The zero-order valence-corrected chi connectivity index (χ0v) is 14.8. The zero-order valence-electron chi connectivity index (χ0n) is 14.0. The van der Waals surface area contributed by atoms with Gasteiger partial charge in [-0.3, -0.25) is 4.99 Å². The van der Waals surface area contributed by atoms with Crippen LogP contribution in [0.4, 0.5) is 11.4 Å². The van der Waals surface area contributed by atoms with E-state index >= 15 is 0 Å². The second kappa shape index (κ2) is 10.2. The maximum absolute atomic E-state index is 11.7. The fourth-order valence-corrected chi connectivity index (χ4v) is 2.45. The van der Waals surface area contributed by atoms with Gasteiger partial charge >= 0.3 is 5.97 Å². The van der Waals surface area contributed by atoms with Gasteiger partial charge in [-0.2, -0.15) is 0 Å². The minimum absolute atomic E-state index is 0.202. The molecule has 0 N–H and O–H groups in total. The summed E-state index contributed by atoms with van der Waals surface area (Å²) in [6.45, 7) is 9.75. The highest BCUT2D eigenvalue weighted by molar-refractivity contribution is 6.18. The van der Waals surface area contributed by atoms with E-state index in [9.17, 15) is 4.79 Å². The third-order valence-corrected chi connectivity index (χ3v) is 3.65. The lowest BCUT2D eigenvalue weighted by Gasteiger charge is -2.34. The number of benzene rings is 1. The van der Waals surface area contributed by atoms with Gasteiger partial charge in [0.25, 0.3) is 0 Å². The quantitative estimate of drug-likeness (QED) is 0.432. The third-order valence-electron chi connectivity index (χ3n) is 3.48. The standard InChI is InChI=1S/C15H19ClN2O3.C2H6/c1-17-13-4-3-11(15(19)20-2)9-14(13)18(7-6-16)10-12-5-8-21-12;1-2/h3-4,9,12H,1,5-8,10H2,2H3;1-2H3. The van der Waals surface area contributed by atoms with E-state index in [2.05, 4.69) is 16.6 Å². The number of carbonyl (C=O) groups excluding carboxylic acids is 1. The maximum atomic E-state index is 11.7. The first-order valence-electron chi connectivity index (χ1n) is 7.81. The Labute approximate surface area is 143 Å². The summed E-state index contributed by atoms with van der Waals surface area (Å²) in [6.07, 6.45) is 1.24. The minimum Gasteiger partial charge on any atom is -0.465 e. The van der Waals surface area contributed by atoms with Crippen molar-refractivity contribution in [2.75, 3.05) is 37.6 Å². The summed E-state index contributed by atoms with van der Waals surface area (Å²) in [7, 11) is 1.36. The van der Waals surface area contributed by atoms with Crippen LogP contribution in [0.3, 0.4) is 0 Å². The first-order chi connectivity index (χ1) is 11.2. The molecule has 1 atom stereocenters. The summed E-state index contributed by atoms with van der Waals surface area (Å²) in [5.74, 6) is 0.101. The molecule has 6 heteroatoms. The number of rotatable bonds is 7. The molecule has 5 nitrogen and oxygen atoms in total. The number of nitrogens with zero attached hydrogens (tertiary/aromatic N) is 2. The van der Waals surface area contributed by atoms with Gasteiger partial charge in [-0.25, -0.2) is 4.79 Å². The minimum atomic E-state index is -0.377. The van der Waals surface area contributed by atoms with E-state index in [-0.39, 0.29) is 12.1 Å². The van der Waals surface area contributed by atoms with Crippen LogP contribution in [-0.4, -0.2) is 51.5 Å². The summed E-state index contributed by atoms with van der Waals surface area (Å²) >= 11 is 5.90. The predicted molar refractivity (Wildman–Crippen MR) is 95.6 cm³/mol. The first kappa shape index (κ1) is 19.5. The highest BCUT2D eigenvalue weighted by Crippen LogP contribution is 2.31. The average Bonchev–Trinajstić information content (AvgIpc) is 2.57. The number of halogens is 1. The largest absolute Gasteiger partial charge is 0.465 e. The Morgan fingerprint density at radius 2 is 2.22 bits per heavy atom.